The van der Waals surface area contributed by atoms with E-state index in [0.29, 0.717) is 11.3 Å². The van der Waals surface area contributed by atoms with E-state index in [-0.39, 0.29) is 5.78 Å². The van der Waals surface area contributed by atoms with E-state index in [1.807, 2.05) is 13.0 Å². The third-order valence-electron chi connectivity index (χ3n) is 2.36. The second-order valence-corrected chi connectivity index (χ2v) is 3.27. The lowest BCUT2D eigenvalue weighted by molar-refractivity contribution is 0.101. The zero-order valence-corrected chi connectivity index (χ0v) is 9.59. The summed E-state index contributed by atoms with van der Waals surface area (Å²) in [6, 6.07) is 3.59. The van der Waals surface area contributed by atoms with E-state index in [0.717, 1.165) is 17.7 Å². The topological polar surface area (TPSA) is 35.5 Å². The summed E-state index contributed by atoms with van der Waals surface area (Å²) in [5.41, 5.74) is 1.62. The average Bonchev–Trinajstić information content (AvgIpc) is 2.26. The third-order valence-corrected chi connectivity index (χ3v) is 2.36. The molecule has 0 heterocycles. The van der Waals surface area contributed by atoms with Gasteiger partial charge in [0, 0.05) is 6.07 Å². The predicted molar refractivity (Wildman–Crippen MR) is 58.9 cm³/mol. The molecule has 0 amide bonds. The molecule has 3 nitrogen and oxygen atoms in total. The molecule has 82 valence electrons. The van der Waals surface area contributed by atoms with Crippen molar-refractivity contribution in [2.45, 2.75) is 20.3 Å². The lowest BCUT2D eigenvalue weighted by atomic mass is 10.0. The molecule has 0 aliphatic heterocycles. The Morgan fingerprint density at radius 1 is 1.20 bits per heavy atom. The number of ether oxygens (including phenoxy) is 2. The molecule has 0 atom stereocenters. The summed E-state index contributed by atoms with van der Waals surface area (Å²) in [6.45, 7) is 3.55. The van der Waals surface area contributed by atoms with Crippen LogP contribution >= 0.6 is 0 Å². The molecule has 0 radical (unpaired) electrons. The first-order valence-electron chi connectivity index (χ1n) is 4.89. The Hall–Kier alpha value is -1.51. The molecule has 0 saturated heterocycles. The molecule has 15 heavy (non-hydrogen) atoms. The minimum Gasteiger partial charge on any atom is -0.496 e. The van der Waals surface area contributed by atoms with Crippen molar-refractivity contribution in [3.8, 4) is 11.5 Å². The molecule has 0 aliphatic rings. The molecule has 0 aliphatic carbocycles. The van der Waals surface area contributed by atoms with Crippen molar-refractivity contribution in [3.05, 3.63) is 23.3 Å². The van der Waals surface area contributed by atoms with Gasteiger partial charge in [-0.05, 0) is 25.0 Å². The first kappa shape index (κ1) is 11.6. The van der Waals surface area contributed by atoms with E-state index >= 15 is 0 Å². The molecule has 0 unspecified atom stereocenters. The molecule has 0 aromatic heterocycles. The average molecular weight is 208 g/mol. The van der Waals surface area contributed by atoms with Gasteiger partial charge in [-0.2, -0.15) is 0 Å². The second kappa shape index (κ2) is 4.82. The van der Waals surface area contributed by atoms with Gasteiger partial charge in [-0.25, -0.2) is 0 Å². The largest absolute Gasteiger partial charge is 0.496 e. The van der Waals surface area contributed by atoms with Gasteiger partial charge in [-0.15, -0.1) is 0 Å². The molecule has 1 aromatic rings. The molecule has 0 saturated carbocycles. The van der Waals surface area contributed by atoms with Crippen LogP contribution in [0, 0.1) is 0 Å². The number of Topliss-reactive ketones (excluding diaryl/α,β-unsaturated/α-hetero) is 1. The first-order chi connectivity index (χ1) is 7.13. The van der Waals surface area contributed by atoms with Crippen molar-refractivity contribution in [2.75, 3.05) is 14.2 Å². The fourth-order valence-corrected chi connectivity index (χ4v) is 1.52. The Bertz CT molecular complexity index is 369. The van der Waals surface area contributed by atoms with E-state index < -0.39 is 0 Å². The minimum atomic E-state index is 0.00389. The summed E-state index contributed by atoms with van der Waals surface area (Å²) >= 11 is 0. The highest BCUT2D eigenvalue weighted by atomic mass is 16.5. The first-order valence-corrected chi connectivity index (χ1v) is 4.89. The van der Waals surface area contributed by atoms with Crippen molar-refractivity contribution in [1.82, 2.24) is 0 Å². The summed E-state index contributed by atoms with van der Waals surface area (Å²) in [5, 5.41) is 0. The van der Waals surface area contributed by atoms with Crippen molar-refractivity contribution in [3.63, 3.8) is 0 Å². The Balaban J connectivity index is 3.34. The van der Waals surface area contributed by atoms with Crippen LogP contribution in [-0.4, -0.2) is 20.0 Å². The number of carbonyl (C=O) groups is 1. The van der Waals surface area contributed by atoms with Gasteiger partial charge in [0.1, 0.15) is 11.5 Å². The number of hydrogen-bond acceptors (Lipinski definition) is 3. The van der Waals surface area contributed by atoms with E-state index in [2.05, 4.69) is 0 Å². The van der Waals surface area contributed by atoms with Gasteiger partial charge in [0.2, 0.25) is 0 Å². The Kier molecular flexibility index (Phi) is 3.72. The van der Waals surface area contributed by atoms with Gasteiger partial charge >= 0.3 is 0 Å². The molecule has 0 N–H and O–H groups in total. The molecule has 1 aromatic carbocycles. The maximum atomic E-state index is 11.4. The second-order valence-electron chi connectivity index (χ2n) is 3.27. The van der Waals surface area contributed by atoms with Crippen LogP contribution in [0.15, 0.2) is 12.1 Å². The van der Waals surface area contributed by atoms with Crippen LogP contribution in [0.25, 0.3) is 0 Å². The van der Waals surface area contributed by atoms with Crippen molar-refractivity contribution < 1.29 is 14.3 Å². The van der Waals surface area contributed by atoms with Crippen LogP contribution in [0.3, 0.4) is 0 Å². The third kappa shape index (κ3) is 2.29. The van der Waals surface area contributed by atoms with Crippen LogP contribution < -0.4 is 9.47 Å². The van der Waals surface area contributed by atoms with E-state index in [9.17, 15) is 4.79 Å². The van der Waals surface area contributed by atoms with Crippen molar-refractivity contribution in [2.24, 2.45) is 0 Å². The van der Waals surface area contributed by atoms with Crippen molar-refractivity contribution in [1.29, 1.82) is 0 Å². The van der Waals surface area contributed by atoms with E-state index in [1.165, 1.54) is 6.92 Å². The highest BCUT2D eigenvalue weighted by Gasteiger charge is 2.12. The van der Waals surface area contributed by atoms with Crippen LogP contribution in [0.4, 0.5) is 0 Å². The van der Waals surface area contributed by atoms with Gasteiger partial charge in [0.25, 0.3) is 0 Å². The molecular weight excluding hydrogens is 192 g/mol. The summed E-state index contributed by atoms with van der Waals surface area (Å²) in [7, 11) is 3.16. The monoisotopic (exact) mass is 208 g/mol. The van der Waals surface area contributed by atoms with Gasteiger partial charge in [0.15, 0.2) is 5.78 Å². The quantitative estimate of drug-likeness (QED) is 0.713. The number of hydrogen-bond donors (Lipinski definition) is 0. The molecular formula is C12H16O3. The lowest BCUT2D eigenvalue weighted by Gasteiger charge is -2.12. The van der Waals surface area contributed by atoms with Gasteiger partial charge < -0.3 is 9.47 Å². The SMILES string of the molecule is CCc1cc(C(C)=O)c(OC)cc1OC. The van der Waals surface area contributed by atoms with Gasteiger partial charge in [-0.1, -0.05) is 6.92 Å². The van der Waals surface area contributed by atoms with Crippen LogP contribution in [-0.2, 0) is 6.42 Å². The molecule has 0 fully saturated rings. The Morgan fingerprint density at radius 3 is 2.20 bits per heavy atom. The highest BCUT2D eigenvalue weighted by molar-refractivity contribution is 5.97. The van der Waals surface area contributed by atoms with Gasteiger partial charge in [-0.3, -0.25) is 4.79 Å². The zero-order chi connectivity index (χ0) is 11.4. The van der Waals surface area contributed by atoms with E-state index in [1.54, 1.807) is 20.3 Å². The predicted octanol–water partition coefficient (Wildman–Crippen LogP) is 2.47. The number of carbonyl (C=O) groups excluding carboxylic acids is 1. The normalized spacial score (nSPS) is 9.87. The Morgan fingerprint density at radius 2 is 1.80 bits per heavy atom. The summed E-state index contributed by atoms with van der Waals surface area (Å²) < 4.78 is 10.4. The fraction of sp³-hybridized carbons (Fsp3) is 0.417. The molecule has 0 bridgehead atoms. The molecule has 3 heteroatoms. The molecule has 1 rings (SSSR count). The summed E-state index contributed by atoms with van der Waals surface area (Å²) in [4.78, 5) is 11.4. The van der Waals surface area contributed by atoms with E-state index in [4.69, 9.17) is 9.47 Å². The summed E-state index contributed by atoms with van der Waals surface area (Å²) in [6.07, 6.45) is 0.827. The summed E-state index contributed by atoms with van der Waals surface area (Å²) in [5.74, 6) is 1.33. The number of methoxy groups -OCH3 is 2. The number of benzene rings is 1. The minimum absolute atomic E-state index is 0.00389. The number of aryl methyl sites for hydroxylation is 1. The maximum Gasteiger partial charge on any atom is 0.163 e. The van der Waals surface area contributed by atoms with Gasteiger partial charge in [0.05, 0.1) is 19.8 Å². The van der Waals surface area contributed by atoms with Crippen LogP contribution in [0.5, 0.6) is 11.5 Å². The van der Waals surface area contributed by atoms with Crippen molar-refractivity contribution >= 4 is 5.78 Å². The standard InChI is InChI=1S/C12H16O3/c1-5-9-6-10(8(2)13)12(15-4)7-11(9)14-3/h6-7H,5H2,1-4H3. The molecule has 0 spiro atoms. The van der Waals surface area contributed by atoms with Crippen LogP contribution in [0.1, 0.15) is 29.8 Å². The van der Waals surface area contributed by atoms with Crippen LogP contribution in [0.2, 0.25) is 0 Å². The zero-order valence-electron chi connectivity index (χ0n) is 9.59. The highest BCUT2D eigenvalue weighted by Crippen LogP contribution is 2.29. The smallest absolute Gasteiger partial charge is 0.163 e. The number of rotatable bonds is 4. The maximum absolute atomic E-state index is 11.4. The number of ketones is 1. The Labute approximate surface area is 90.0 Å². The lowest BCUT2D eigenvalue weighted by Crippen LogP contribution is -2.01. The fourth-order valence-electron chi connectivity index (χ4n) is 1.52.